The van der Waals surface area contributed by atoms with Crippen LogP contribution in [0.2, 0.25) is 0 Å². The number of aromatic carboxylic acids is 1. The summed E-state index contributed by atoms with van der Waals surface area (Å²) < 4.78 is 27.6. The predicted octanol–water partition coefficient (Wildman–Crippen LogP) is 1.86. The van der Waals surface area contributed by atoms with E-state index in [2.05, 4.69) is 4.90 Å². The van der Waals surface area contributed by atoms with E-state index in [1.165, 1.54) is 29.3 Å². The molecule has 2 aliphatic heterocycles. The van der Waals surface area contributed by atoms with Crippen LogP contribution in [0.4, 0.5) is 0 Å². The van der Waals surface area contributed by atoms with Crippen molar-refractivity contribution in [1.29, 1.82) is 0 Å². The van der Waals surface area contributed by atoms with Gasteiger partial charge in [-0.2, -0.15) is 4.31 Å². The fourth-order valence-electron chi connectivity index (χ4n) is 3.69. The molecule has 1 aromatic carbocycles. The van der Waals surface area contributed by atoms with E-state index in [9.17, 15) is 18.3 Å². The van der Waals surface area contributed by atoms with Crippen LogP contribution in [0.15, 0.2) is 17.0 Å². The Kier molecular flexibility index (Phi) is 4.68. The molecule has 6 nitrogen and oxygen atoms in total. The molecule has 1 atom stereocenters. The summed E-state index contributed by atoms with van der Waals surface area (Å²) in [6, 6.07) is 3.10. The number of carboxylic acids is 1. The highest BCUT2D eigenvalue weighted by Crippen LogP contribution is 2.29. The molecule has 2 saturated heterocycles. The molecule has 0 aliphatic carbocycles. The minimum absolute atomic E-state index is 0.0203. The van der Waals surface area contributed by atoms with Crippen molar-refractivity contribution in [2.75, 3.05) is 26.2 Å². The second-order valence-corrected chi connectivity index (χ2v) is 8.68. The van der Waals surface area contributed by atoms with Crippen molar-refractivity contribution >= 4 is 16.0 Å². The zero-order chi connectivity index (χ0) is 17.5. The number of hydrogen-bond donors (Lipinski definition) is 1. The third-order valence-corrected chi connectivity index (χ3v) is 7.26. The first-order valence-corrected chi connectivity index (χ1v) is 9.83. The maximum absolute atomic E-state index is 13.1. The lowest BCUT2D eigenvalue weighted by molar-refractivity contribution is 0.0696. The number of benzene rings is 1. The van der Waals surface area contributed by atoms with Gasteiger partial charge < -0.3 is 5.11 Å². The van der Waals surface area contributed by atoms with Crippen molar-refractivity contribution in [3.8, 4) is 0 Å². The molecular formula is C17H24N2O4S. The van der Waals surface area contributed by atoms with Gasteiger partial charge in [0.15, 0.2) is 0 Å². The van der Waals surface area contributed by atoms with E-state index >= 15 is 0 Å². The zero-order valence-electron chi connectivity index (χ0n) is 14.2. The third-order valence-electron chi connectivity index (χ3n) is 5.27. The number of nitrogens with zero attached hydrogens (tertiary/aromatic N) is 2. The minimum atomic E-state index is -3.67. The Morgan fingerprint density at radius 1 is 1.17 bits per heavy atom. The molecule has 1 unspecified atom stereocenters. The van der Waals surface area contributed by atoms with Gasteiger partial charge in [0, 0.05) is 19.1 Å². The van der Waals surface area contributed by atoms with Crippen LogP contribution >= 0.6 is 0 Å². The number of carbonyl (C=O) groups is 1. The predicted molar refractivity (Wildman–Crippen MR) is 90.8 cm³/mol. The molecule has 0 aromatic heterocycles. The van der Waals surface area contributed by atoms with E-state index in [1.54, 1.807) is 13.8 Å². The molecule has 7 heteroatoms. The standard InChI is InChI=1S/C17H24N2O4S/c1-12-9-14(17(20)21)10-16(13(12)2)24(22,23)19-8-5-15(11-19)18-6-3-4-7-18/h9-10,15H,3-8,11H2,1-2H3,(H,20,21). The number of likely N-dealkylation sites (tertiary alicyclic amines) is 1. The monoisotopic (exact) mass is 352 g/mol. The van der Waals surface area contributed by atoms with Crippen molar-refractivity contribution in [2.45, 2.75) is 44.0 Å². The molecule has 0 radical (unpaired) electrons. The first-order valence-electron chi connectivity index (χ1n) is 8.39. The molecule has 2 aliphatic rings. The third kappa shape index (κ3) is 3.08. The van der Waals surface area contributed by atoms with Crippen LogP contribution in [-0.2, 0) is 10.0 Å². The van der Waals surface area contributed by atoms with E-state index in [1.807, 2.05) is 0 Å². The van der Waals surface area contributed by atoms with Gasteiger partial charge >= 0.3 is 5.97 Å². The highest BCUT2D eigenvalue weighted by molar-refractivity contribution is 7.89. The molecule has 0 amide bonds. The largest absolute Gasteiger partial charge is 0.478 e. The molecular weight excluding hydrogens is 328 g/mol. The van der Waals surface area contributed by atoms with Crippen LogP contribution in [0, 0.1) is 13.8 Å². The maximum Gasteiger partial charge on any atom is 0.335 e. The molecule has 3 rings (SSSR count). The van der Waals surface area contributed by atoms with Gasteiger partial charge in [-0.15, -0.1) is 0 Å². The maximum atomic E-state index is 13.1. The van der Waals surface area contributed by atoms with Crippen LogP contribution in [0.3, 0.4) is 0 Å². The highest BCUT2D eigenvalue weighted by Gasteiger charge is 2.37. The summed E-state index contributed by atoms with van der Waals surface area (Å²) in [7, 11) is -3.67. The average Bonchev–Trinajstić information content (AvgIpc) is 3.20. The van der Waals surface area contributed by atoms with E-state index in [0.29, 0.717) is 24.2 Å². The van der Waals surface area contributed by atoms with Crippen molar-refractivity contribution in [2.24, 2.45) is 0 Å². The number of aryl methyl sites for hydroxylation is 1. The Morgan fingerprint density at radius 2 is 1.83 bits per heavy atom. The Hall–Kier alpha value is -1.44. The fraction of sp³-hybridized carbons (Fsp3) is 0.588. The van der Waals surface area contributed by atoms with Crippen LogP contribution < -0.4 is 0 Å². The molecule has 0 spiro atoms. The van der Waals surface area contributed by atoms with E-state index < -0.39 is 16.0 Å². The summed E-state index contributed by atoms with van der Waals surface area (Å²) in [5.41, 5.74) is 1.33. The average molecular weight is 352 g/mol. The van der Waals surface area contributed by atoms with E-state index in [-0.39, 0.29) is 16.5 Å². The molecule has 132 valence electrons. The molecule has 1 N–H and O–H groups in total. The number of sulfonamides is 1. The van der Waals surface area contributed by atoms with Gasteiger partial charge in [-0.25, -0.2) is 13.2 Å². The summed E-state index contributed by atoms with van der Waals surface area (Å²) in [6.45, 7) is 6.58. The van der Waals surface area contributed by atoms with Gasteiger partial charge in [0.25, 0.3) is 0 Å². The normalized spacial score (nSPS) is 23.0. The van der Waals surface area contributed by atoms with Crippen LogP contribution in [0.1, 0.15) is 40.7 Å². The molecule has 24 heavy (non-hydrogen) atoms. The van der Waals surface area contributed by atoms with Crippen molar-refractivity contribution < 1.29 is 18.3 Å². The summed E-state index contributed by atoms with van der Waals surface area (Å²) in [6.07, 6.45) is 3.21. The smallest absolute Gasteiger partial charge is 0.335 e. The second kappa shape index (κ2) is 6.46. The van der Waals surface area contributed by atoms with Gasteiger partial charge in [-0.3, -0.25) is 4.90 Å². The summed E-state index contributed by atoms with van der Waals surface area (Å²) >= 11 is 0. The summed E-state index contributed by atoms with van der Waals surface area (Å²) in [4.78, 5) is 13.8. The van der Waals surface area contributed by atoms with Gasteiger partial charge in [-0.05, 0) is 69.5 Å². The van der Waals surface area contributed by atoms with Gasteiger partial charge in [0.1, 0.15) is 0 Å². The van der Waals surface area contributed by atoms with Crippen molar-refractivity contribution in [1.82, 2.24) is 9.21 Å². The van der Waals surface area contributed by atoms with Crippen molar-refractivity contribution in [3.05, 3.63) is 28.8 Å². The minimum Gasteiger partial charge on any atom is -0.478 e. The van der Waals surface area contributed by atoms with Crippen LogP contribution in [-0.4, -0.2) is 60.9 Å². The summed E-state index contributed by atoms with van der Waals surface area (Å²) in [5.74, 6) is -1.11. The Labute approximate surface area is 143 Å². The van der Waals surface area contributed by atoms with E-state index in [4.69, 9.17) is 0 Å². The number of rotatable bonds is 4. The van der Waals surface area contributed by atoms with Gasteiger partial charge in [-0.1, -0.05) is 0 Å². The topological polar surface area (TPSA) is 77.9 Å². The molecule has 0 bridgehead atoms. The molecule has 1 aromatic rings. The van der Waals surface area contributed by atoms with Gasteiger partial charge in [0.05, 0.1) is 10.5 Å². The Balaban J connectivity index is 1.89. The molecule has 2 fully saturated rings. The fourth-order valence-corrected chi connectivity index (χ4v) is 5.51. The second-order valence-electron chi connectivity index (χ2n) is 6.77. The Bertz CT molecular complexity index is 754. The number of hydrogen-bond acceptors (Lipinski definition) is 4. The van der Waals surface area contributed by atoms with Gasteiger partial charge in [0.2, 0.25) is 10.0 Å². The van der Waals surface area contributed by atoms with Crippen LogP contribution in [0.25, 0.3) is 0 Å². The van der Waals surface area contributed by atoms with E-state index in [0.717, 1.165) is 19.5 Å². The molecule has 0 saturated carbocycles. The quantitative estimate of drug-likeness (QED) is 0.895. The lowest BCUT2D eigenvalue weighted by Gasteiger charge is -2.24. The lowest BCUT2D eigenvalue weighted by Crippen LogP contribution is -2.37. The lowest BCUT2D eigenvalue weighted by atomic mass is 10.1. The zero-order valence-corrected chi connectivity index (χ0v) is 15.0. The SMILES string of the molecule is Cc1cc(C(=O)O)cc(S(=O)(=O)N2CCC(N3CCCC3)C2)c1C. The number of carboxylic acid groups (broad SMARTS) is 1. The highest BCUT2D eigenvalue weighted by atomic mass is 32.2. The van der Waals surface area contributed by atoms with Crippen LogP contribution in [0.5, 0.6) is 0 Å². The Morgan fingerprint density at radius 3 is 2.46 bits per heavy atom. The first kappa shape index (κ1) is 17.4. The summed E-state index contributed by atoms with van der Waals surface area (Å²) in [5, 5.41) is 9.23. The first-order chi connectivity index (χ1) is 11.3. The molecule has 2 heterocycles. The van der Waals surface area contributed by atoms with Crippen molar-refractivity contribution in [3.63, 3.8) is 0 Å².